The number of nitrogens with zero attached hydrogens (tertiary/aromatic N) is 2. The minimum Gasteiger partial charge on any atom is -0.459 e. The number of aromatic nitrogens is 2. The number of hydrogen-bond acceptors (Lipinski definition) is 5. The first-order valence-electron chi connectivity index (χ1n) is 6.12. The van der Waals surface area contributed by atoms with Gasteiger partial charge in [0.25, 0.3) is 0 Å². The predicted octanol–water partition coefficient (Wildman–Crippen LogP) is 3.72. The van der Waals surface area contributed by atoms with Gasteiger partial charge in [-0.05, 0) is 20.8 Å². The zero-order valence-corrected chi connectivity index (χ0v) is 13.1. The van der Waals surface area contributed by atoms with Crippen molar-refractivity contribution in [1.82, 2.24) is 10.2 Å². The first-order valence-corrected chi connectivity index (χ1v) is 7.49. The lowest BCUT2D eigenvalue weighted by Crippen LogP contribution is -2.24. The molecule has 6 heteroatoms. The van der Waals surface area contributed by atoms with Crippen LogP contribution in [0, 0.1) is 0 Å². The Morgan fingerprint density at radius 3 is 2.55 bits per heavy atom. The van der Waals surface area contributed by atoms with Crippen molar-refractivity contribution < 1.29 is 9.53 Å². The minimum atomic E-state index is -0.481. The monoisotopic (exact) mass is 310 g/mol. The summed E-state index contributed by atoms with van der Waals surface area (Å²) < 4.78 is 5.26. The molecular weight excluding hydrogens is 296 g/mol. The first-order chi connectivity index (χ1) is 9.37. The number of esters is 1. The summed E-state index contributed by atoms with van der Waals surface area (Å²) in [4.78, 5) is 11.7. The molecule has 0 radical (unpaired) electrons. The van der Waals surface area contributed by atoms with Crippen molar-refractivity contribution in [1.29, 1.82) is 0 Å². The average molecular weight is 311 g/mol. The highest BCUT2D eigenvalue weighted by atomic mass is 35.5. The lowest BCUT2D eigenvalue weighted by atomic mass is 10.2. The molecule has 0 saturated carbocycles. The highest BCUT2D eigenvalue weighted by Crippen LogP contribution is 2.29. The fourth-order valence-corrected chi connectivity index (χ4v) is 2.60. The summed E-state index contributed by atoms with van der Waals surface area (Å²) in [5.41, 5.74) is -0.481. The fourth-order valence-electron chi connectivity index (χ4n) is 1.65. The molecule has 0 aliphatic carbocycles. The van der Waals surface area contributed by atoms with Crippen molar-refractivity contribution >= 4 is 40.1 Å². The van der Waals surface area contributed by atoms with E-state index in [0.717, 1.165) is 10.8 Å². The third-order valence-electron chi connectivity index (χ3n) is 2.36. The van der Waals surface area contributed by atoms with Crippen LogP contribution < -0.4 is 0 Å². The first kappa shape index (κ1) is 15.1. The largest absolute Gasteiger partial charge is 0.459 e. The van der Waals surface area contributed by atoms with Gasteiger partial charge in [0, 0.05) is 10.8 Å². The van der Waals surface area contributed by atoms with E-state index in [-0.39, 0.29) is 11.7 Å². The van der Waals surface area contributed by atoms with E-state index in [0.29, 0.717) is 10.2 Å². The lowest BCUT2D eigenvalue weighted by molar-refractivity contribution is -0.151. The SMILES string of the molecule is CC(C)(C)OC(=O)CSc1nnc(Cl)c2ccccc12. The van der Waals surface area contributed by atoms with Gasteiger partial charge < -0.3 is 4.74 Å². The lowest BCUT2D eigenvalue weighted by Gasteiger charge is -2.19. The van der Waals surface area contributed by atoms with Crippen LogP contribution in [0.2, 0.25) is 5.15 Å². The number of benzene rings is 1. The van der Waals surface area contributed by atoms with E-state index < -0.39 is 5.60 Å². The van der Waals surface area contributed by atoms with E-state index in [1.165, 1.54) is 11.8 Å². The van der Waals surface area contributed by atoms with Crippen molar-refractivity contribution in [3.05, 3.63) is 29.4 Å². The van der Waals surface area contributed by atoms with Crippen LogP contribution in [0.4, 0.5) is 0 Å². The van der Waals surface area contributed by atoms with Gasteiger partial charge in [-0.25, -0.2) is 0 Å². The Labute approximate surface area is 126 Å². The number of ether oxygens (including phenoxy) is 1. The van der Waals surface area contributed by atoms with Gasteiger partial charge in [0.1, 0.15) is 10.6 Å². The molecule has 0 aliphatic rings. The van der Waals surface area contributed by atoms with Gasteiger partial charge in [0.05, 0.1) is 5.75 Å². The van der Waals surface area contributed by atoms with Crippen molar-refractivity contribution in [2.45, 2.75) is 31.4 Å². The van der Waals surface area contributed by atoms with Gasteiger partial charge in [-0.2, -0.15) is 0 Å². The Morgan fingerprint density at radius 1 is 1.25 bits per heavy atom. The number of halogens is 1. The summed E-state index contributed by atoms with van der Waals surface area (Å²) >= 11 is 7.30. The molecular formula is C14H15ClN2O2S. The molecule has 1 aromatic heterocycles. The van der Waals surface area contributed by atoms with Crippen molar-refractivity contribution in [3.63, 3.8) is 0 Å². The average Bonchev–Trinajstić information content (AvgIpc) is 2.36. The zero-order chi connectivity index (χ0) is 14.8. The Balaban J connectivity index is 2.15. The quantitative estimate of drug-likeness (QED) is 0.639. The number of carbonyl (C=O) groups is 1. The maximum Gasteiger partial charge on any atom is 0.316 e. The molecule has 0 fully saturated rings. The normalized spacial score (nSPS) is 11.6. The van der Waals surface area contributed by atoms with Gasteiger partial charge in [-0.3, -0.25) is 4.79 Å². The zero-order valence-electron chi connectivity index (χ0n) is 11.5. The van der Waals surface area contributed by atoms with Gasteiger partial charge in [-0.15, -0.1) is 10.2 Å². The van der Waals surface area contributed by atoms with E-state index in [1.54, 1.807) is 0 Å². The van der Waals surface area contributed by atoms with Crippen LogP contribution in [0.25, 0.3) is 10.8 Å². The molecule has 0 saturated heterocycles. The fraction of sp³-hybridized carbons (Fsp3) is 0.357. The molecule has 1 heterocycles. The molecule has 0 amide bonds. The van der Waals surface area contributed by atoms with E-state index in [2.05, 4.69) is 10.2 Å². The van der Waals surface area contributed by atoms with Crippen LogP contribution >= 0.6 is 23.4 Å². The third kappa shape index (κ3) is 3.84. The molecule has 1 aromatic carbocycles. The van der Waals surface area contributed by atoms with E-state index in [1.807, 2.05) is 45.0 Å². The second kappa shape index (κ2) is 5.97. The predicted molar refractivity (Wildman–Crippen MR) is 81.1 cm³/mol. The van der Waals surface area contributed by atoms with Gasteiger partial charge >= 0.3 is 5.97 Å². The smallest absolute Gasteiger partial charge is 0.316 e. The summed E-state index contributed by atoms with van der Waals surface area (Å²) in [6, 6.07) is 7.58. The number of thioether (sulfide) groups is 1. The van der Waals surface area contributed by atoms with Crippen LogP contribution in [0.1, 0.15) is 20.8 Å². The van der Waals surface area contributed by atoms with Crippen LogP contribution in [0.15, 0.2) is 29.3 Å². The van der Waals surface area contributed by atoms with Crippen molar-refractivity contribution in [3.8, 4) is 0 Å². The summed E-state index contributed by atoms with van der Waals surface area (Å²) in [6.45, 7) is 5.52. The number of carbonyl (C=O) groups excluding carboxylic acids is 1. The molecule has 0 bridgehead atoms. The van der Waals surface area contributed by atoms with Crippen molar-refractivity contribution in [2.24, 2.45) is 0 Å². The van der Waals surface area contributed by atoms with Gasteiger partial charge in [-0.1, -0.05) is 47.6 Å². The van der Waals surface area contributed by atoms with Gasteiger partial charge in [0.15, 0.2) is 5.15 Å². The van der Waals surface area contributed by atoms with Crippen LogP contribution in [0.3, 0.4) is 0 Å². The highest BCUT2D eigenvalue weighted by Gasteiger charge is 2.17. The molecule has 2 rings (SSSR count). The minimum absolute atomic E-state index is 0.192. The molecule has 0 aliphatic heterocycles. The molecule has 0 N–H and O–H groups in total. The van der Waals surface area contributed by atoms with E-state index >= 15 is 0 Å². The van der Waals surface area contributed by atoms with E-state index in [4.69, 9.17) is 16.3 Å². The van der Waals surface area contributed by atoms with Crippen LogP contribution in [-0.2, 0) is 9.53 Å². The number of hydrogen-bond donors (Lipinski definition) is 0. The topological polar surface area (TPSA) is 52.1 Å². The number of fused-ring (bicyclic) bond motifs is 1. The molecule has 0 atom stereocenters. The second-order valence-corrected chi connectivity index (χ2v) is 6.54. The Bertz CT molecular complexity index is 641. The molecule has 0 spiro atoms. The third-order valence-corrected chi connectivity index (χ3v) is 3.59. The molecule has 4 nitrogen and oxygen atoms in total. The molecule has 20 heavy (non-hydrogen) atoms. The molecule has 2 aromatic rings. The maximum absolute atomic E-state index is 11.7. The summed E-state index contributed by atoms with van der Waals surface area (Å²) in [5.74, 6) is -0.0827. The second-order valence-electron chi connectivity index (χ2n) is 5.22. The van der Waals surface area contributed by atoms with Gasteiger partial charge in [0.2, 0.25) is 0 Å². The Hall–Kier alpha value is -1.33. The Kier molecular flexibility index (Phi) is 4.50. The highest BCUT2D eigenvalue weighted by molar-refractivity contribution is 8.00. The van der Waals surface area contributed by atoms with Crippen LogP contribution in [0.5, 0.6) is 0 Å². The summed E-state index contributed by atoms with van der Waals surface area (Å²) in [5, 5.41) is 10.7. The summed E-state index contributed by atoms with van der Waals surface area (Å²) in [6.07, 6.45) is 0. The summed E-state index contributed by atoms with van der Waals surface area (Å²) in [7, 11) is 0. The number of rotatable bonds is 3. The van der Waals surface area contributed by atoms with E-state index in [9.17, 15) is 4.79 Å². The van der Waals surface area contributed by atoms with Crippen LogP contribution in [-0.4, -0.2) is 27.5 Å². The maximum atomic E-state index is 11.7. The molecule has 106 valence electrons. The van der Waals surface area contributed by atoms with Crippen molar-refractivity contribution in [2.75, 3.05) is 5.75 Å². The molecule has 0 unspecified atom stereocenters. The standard InChI is InChI=1S/C14H15ClN2O2S/c1-14(2,3)19-11(18)8-20-13-10-7-5-4-6-9(10)12(15)16-17-13/h4-7H,8H2,1-3H3. The Morgan fingerprint density at radius 2 is 1.90 bits per heavy atom.